The average molecular weight is 164 g/mol. The molecule has 0 saturated heterocycles. The Kier molecular flexibility index (Phi) is 1.58. The molecule has 1 aromatic heterocycles. The van der Waals surface area contributed by atoms with Crippen molar-refractivity contribution < 1.29 is 0 Å². The Morgan fingerprint density at radius 1 is 1.45 bits per heavy atom. The highest BCUT2D eigenvalue weighted by atomic mass is 32.2. The molecule has 0 amide bonds. The quantitative estimate of drug-likeness (QED) is 0.655. The molecule has 0 aliphatic heterocycles. The van der Waals surface area contributed by atoms with E-state index in [-0.39, 0.29) is 0 Å². The summed E-state index contributed by atoms with van der Waals surface area (Å²) in [6.07, 6.45) is 3.91. The molecule has 1 aromatic carbocycles. The highest BCUT2D eigenvalue weighted by Gasteiger charge is 1.98. The molecule has 0 spiro atoms. The zero-order chi connectivity index (χ0) is 7.68. The van der Waals surface area contributed by atoms with Gasteiger partial charge in [-0.25, -0.2) is 0 Å². The van der Waals surface area contributed by atoms with Gasteiger partial charge in [0.25, 0.3) is 0 Å². The second kappa shape index (κ2) is 2.58. The van der Waals surface area contributed by atoms with Gasteiger partial charge < -0.3 is 0 Å². The highest BCUT2D eigenvalue weighted by molar-refractivity contribution is 7.98. The smallest absolute Gasteiger partial charge is 0.0785 e. The molecular weight excluding hydrogens is 156 g/mol. The van der Waals surface area contributed by atoms with Crippen LogP contribution in [0.1, 0.15) is 0 Å². The number of nitrogens with zero attached hydrogens (tertiary/aromatic N) is 1. The molecule has 11 heavy (non-hydrogen) atoms. The lowest BCUT2D eigenvalue weighted by Crippen LogP contribution is -1.73. The lowest BCUT2D eigenvalue weighted by Gasteiger charge is -1.95. The zero-order valence-electron chi connectivity index (χ0n) is 6.16. The van der Waals surface area contributed by atoms with Gasteiger partial charge in [-0.15, -0.1) is 11.8 Å². The number of benzene rings is 1. The fraction of sp³-hybridized carbons (Fsp3) is 0.125. The molecule has 1 heterocycles. The van der Waals surface area contributed by atoms with E-state index in [9.17, 15) is 0 Å². The second-order valence-corrected chi connectivity index (χ2v) is 3.14. The molecule has 0 aliphatic rings. The molecule has 0 aliphatic carbocycles. The van der Waals surface area contributed by atoms with Gasteiger partial charge in [0, 0.05) is 10.3 Å². The van der Waals surface area contributed by atoms with Crippen LogP contribution in [-0.2, 0) is 0 Å². The number of rotatable bonds is 1. The highest BCUT2D eigenvalue weighted by Crippen LogP contribution is 2.23. The molecular formula is C8H8N2S. The van der Waals surface area contributed by atoms with Gasteiger partial charge in [0.2, 0.25) is 0 Å². The van der Waals surface area contributed by atoms with Crippen LogP contribution >= 0.6 is 11.8 Å². The Labute approximate surface area is 69.0 Å². The molecule has 56 valence electrons. The van der Waals surface area contributed by atoms with Crippen molar-refractivity contribution in [1.29, 1.82) is 0 Å². The summed E-state index contributed by atoms with van der Waals surface area (Å²) < 4.78 is 0. The fourth-order valence-electron chi connectivity index (χ4n) is 1.11. The summed E-state index contributed by atoms with van der Waals surface area (Å²) in [5.74, 6) is 0. The van der Waals surface area contributed by atoms with E-state index >= 15 is 0 Å². The van der Waals surface area contributed by atoms with Crippen molar-refractivity contribution in [2.24, 2.45) is 0 Å². The third kappa shape index (κ3) is 1.01. The number of aromatic nitrogens is 2. The zero-order valence-corrected chi connectivity index (χ0v) is 6.98. The Morgan fingerprint density at radius 2 is 2.36 bits per heavy atom. The predicted molar refractivity (Wildman–Crippen MR) is 47.9 cm³/mol. The van der Waals surface area contributed by atoms with E-state index in [0.717, 1.165) is 5.52 Å². The predicted octanol–water partition coefficient (Wildman–Crippen LogP) is 2.28. The number of hydrogen-bond acceptors (Lipinski definition) is 2. The van der Waals surface area contributed by atoms with Crippen LogP contribution in [0.25, 0.3) is 10.9 Å². The minimum Gasteiger partial charge on any atom is -0.277 e. The van der Waals surface area contributed by atoms with E-state index < -0.39 is 0 Å². The van der Waals surface area contributed by atoms with Crippen LogP contribution in [0.15, 0.2) is 29.3 Å². The van der Waals surface area contributed by atoms with Gasteiger partial charge >= 0.3 is 0 Å². The Morgan fingerprint density at radius 3 is 3.18 bits per heavy atom. The van der Waals surface area contributed by atoms with Crippen molar-refractivity contribution in [2.75, 3.05) is 6.26 Å². The molecule has 0 fully saturated rings. The molecule has 2 aromatic rings. The number of nitrogens with one attached hydrogen (secondary N) is 1. The van der Waals surface area contributed by atoms with Crippen LogP contribution < -0.4 is 0 Å². The lowest BCUT2D eigenvalue weighted by atomic mass is 10.3. The third-order valence-electron chi connectivity index (χ3n) is 1.66. The SMILES string of the molecule is CSc1cccc2cn[nH]c12. The van der Waals surface area contributed by atoms with Crippen LogP contribution in [0.2, 0.25) is 0 Å². The minimum atomic E-state index is 1.14. The molecule has 2 rings (SSSR count). The van der Waals surface area contributed by atoms with Crippen molar-refractivity contribution in [3.05, 3.63) is 24.4 Å². The lowest BCUT2D eigenvalue weighted by molar-refractivity contribution is 1.11. The molecule has 0 atom stereocenters. The van der Waals surface area contributed by atoms with Crippen LogP contribution in [0, 0.1) is 0 Å². The monoisotopic (exact) mass is 164 g/mol. The van der Waals surface area contributed by atoms with Crippen molar-refractivity contribution in [1.82, 2.24) is 10.2 Å². The molecule has 0 unspecified atom stereocenters. The molecule has 0 bridgehead atoms. The maximum absolute atomic E-state index is 3.97. The van der Waals surface area contributed by atoms with Crippen LogP contribution in [0.5, 0.6) is 0 Å². The first-order valence-electron chi connectivity index (χ1n) is 3.38. The van der Waals surface area contributed by atoms with E-state index in [1.165, 1.54) is 10.3 Å². The van der Waals surface area contributed by atoms with E-state index in [1.807, 2.05) is 12.3 Å². The van der Waals surface area contributed by atoms with Crippen LogP contribution in [-0.4, -0.2) is 16.5 Å². The maximum atomic E-state index is 3.97. The molecule has 0 radical (unpaired) electrons. The van der Waals surface area contributed by atoms with Gasteiger partial charge in [-0.2, -0.15) is 5.10 Å². The van der Waals surface area contributed by atoms with Crippen molar-refractivity contribution in [2.45, 2.75) is 4.90 Å². The van der Waals surface area contributed by atoms with Crippen LogP contribution in [0.4, 0.5) is 0 Å². The van der Waals surface area contributed by atoms with Crippen molar-refractivity contribution >= 4 is 22.7 Å². The van der Waals surface area contributed by atoms with Gasteiger partial charge in [0.1, 0.15) is 0 Å². The summed E-state index contributed by atoms with van der Waals surface area (Å²) in [5, 5.41) is 8.12. The topological polar surface area (TPSA) is 28.7 Å². The fourth-order valence-corrected chi connectivity index (χ4v) is 1.69. The van der Waals surface area contributed by atoms with Gasteiger partial charge in [-0.3, -0.25) is 5.10 Å². The number of thioether (sulfide) groups is 1. The molecule has 2 nitrogen and oxygen atoms in total. The normalized spacial score (nSPS) is 10.6. The van der Waals surface area contributed by atoms with Crippen molar-refractivity contribution in [3.8, 4) is 0 Å². The summed E-state index contributed by atoms with van der Waals surface area (Å²) in [4.78, 5) is 1.25. The molecule has 0 saturated carbocycles. The third-order valence-corrected chi connectivity index (χ3v) is 2.44. The number of hydrogen-bond donors (Lipinski definition) is 1. The molecule has 1 N–H and O–H groups in total. The largest absolute Gasteiger partial charge is 0.277 e. The average Bonchev–Trinajstić information content (AvgIpc) is 2.50. The van der Waals surface area contributed by atoms with E-state index in [1.54, 1.807) is 11.8 Å². The standard InChI is InChI=1S/C8H8N2S/c1-11-7-4-2-3-6-5-9-10-8(6)7/h2-5H,1H3,(H,9,10). The van der Waals surface area contributed by atoms with Gasteiger partial charge in [-0.05, 0) is 12.3 Å². The van der Waals surface area contributed by atoms with Gasteiger partial charge in [0.05, 0.1) is 11.7 Å². The molecule has 3 heteroatoms. The summed E-state index contributed by atoms with van der Waals surface area (Å²) >= 11 is 1.73. The van der Waals surface area contributed by atoms with Gasteiger partial charge in [-0.1, -0.05) is 12.1 Å². The van der Waals surface area contributed by atoms with Crippen LogP contribution in [0.3, 0.4) is 0 Å². The van der Waals surface area contributed by atoms with E-state index in [4.69, 9.17) is 0 Å². The van der Waals surface area contributed by atoms with Crippen molar-refractivity contribution in [3.63, 3.8) is 0 Å². The first-order valence-corrected chi connectivity index (χ1v) is 4.60. The first kappa shape index (κ1) is 6.73. The summed E-state index contributed by atoms with van der Waals surface area (Å²) in [5.41, 5.74) is 1.14. The Balaban J connectivity index is 2.79. The number of H-pyrrole nitrogens is 1. The first-order chi connectivity index (χ1) is 5.42. The number of aromatic amines is 1. The Bertz CT molecular complexity index is 367. The Hall–Kier alpha value is -0.960. The summed E-state index contributed by atoms with van der Waals surface area (Å²) in [7, 11) is 0. The summed E-state index contributed by atoms with van der Waals surface area (Å²) in [6.45, 7) is 0. The number of para-hydroxylation sites is 1. The van der Waals surface area contributed by atoms with E-state index in [0.29, 0.717) is 0 Å². The maximum Gasteiger partial charge on any atom is 0.0785 e. The van der Waals surface area contributed by atoms with Gasteiger partial charge in [0.15, 0.2) is 0 Å². The van der Waals surface area contributed by atoms with E-state index in [2.05, 4.69) is 28.6 Å². The number of fused-ring (bicyclic) bond motifs is 1. The second-order valence-electron chi connectivity index (χ2n) is 2.29. The summed E-state index contributed by atoms with van der Waals surface area (Å²) in [6, 6.07) is 6.19. The minimum absolute atomic E-state index is 1.14.